The van der Waals surface area contributed by atoms with Gasteiger partial charge in [-0.15, -0.1) is 0 Å². The lowest BCUT2D eigenvalue weighted by Crippen LogP contribution is -2.44. The van der Waals surface area contributed by atoms with E-state index in [2.05, 4.69) is 0 Å². The third-order valence-electron chi connectivity index (χ3n) is 6.51. The van der Waals surface area contributed by atoms with Crippen LogP contribution in [0, 0.1) is 0 Å². The van der Waals surface area contributed by atoms with Gasteiger partial charge in [-0.1, -0.05) is 48.5 Å². The van der Waals surface area contributed by atoms with Gasteiger partial charge in [0.25, 0.3) is 0 Å². The molecule has 5 nitrogen and oxygen atoms in total. The van der Waals surface area contributed by atoms with Crippen molar-refractivity contribution in [2.75, 3.05) is 0 Å². The van der Waals surface area contributed by atoms with Crippen molar-refractivity contribution in [1.82, 2.24) is 0 Å². The molecule has 0 saturated heterocycles. The summed E-state index contributed by atoms with van der Waals surface area (Å²) in [6, 6.07) is 14.6. The first kappa shape index (κ1) is 20.3. The van der Waals surface area contributed by atoms with Gasteiger partial charge >= 0.3 is 6.16 Å². The summed E-state index contributed by atoms with van der Waals surface area (Å²) in [5.74, 6) is 0.0134. The predicted molar refractivity (Wildman–Crippen MR) is 112 cm³/mol. The maximum Gasteiger partial charge on any atom is 0.510 e. The van der Waals surface area contributed by atoms with Crippen molar-refractivity contribution < 1.29 is 23.9 Å². The maximum absolute atomic E-state index is 12.8. The first-order valence-electron chi connectivity index (χ1n) is 10.5. The number of rotatable bonds is 6. The first-order valence-corrected chi connectivity index (χ1v) is 10.5. The molecule has 5 heteroatoms. The van der Waals surface area contributed by atoms with Gasteiger partial charge in [0.05, 0.1) is 0 Å². The normalized spacial score (nSPS) is 18.5. The molecule has 0 heterocycles. The van der Waals surface area contributed by atoms with Crippen LogP contribution in [0.25, 0.3) is 0 Å². The second-order valence-electron chi connectivity index (χ2n) is 8.42. The Hall–Kier alpha value is -2.95. The van der Waals surface area contributed by atoms with Crippen LogP contribution in [0.3, 0.4) is 0 Å². The summed E-state index contributed by atoms with van der Waals surface area (Å²) < 4.78 is 11.8. The van der Waals surface area contributed by atoms with E-state index in [1.54, 1.807) is 24.3 Å². The molecule has 0 N–H and O–H groups in total. The van der Waals surface area contributed by atoms with Crippen molar-refractivity contribution in [1.29, 1.82) is 0 Å². The Bertz CT molecular complexity index is 884. The van der Waals surface area contributed by atoms with Gasteiger partial charge in [0.1, 0.15) is 11.2 Å². The minimum Gasteiger partial charge on any atom is -0.423 e. The van der Waals surface area contributed by atoms with Crippen molar-refractivity contribution in [2.45, 2.75) is 63.6 Å². The molecular formula is C25H26O5. The van der Waals surface area contributed by atoms with Gasteiger partial charge in [0, 0.05) is 11.1 Å². The lowest BCUT2D eigenvalue weighted by molar-refractivity contribution is -0.135. The van der Waals surface area contributed by atoms with Gasteiger partial charge in [-0.3, -0.25) is 9.59 Å². The Morgan fingerprint density at radius 2 is 0.967 bits per heavy atom. The smallest absolute Gasteiger partial charge is 0.423 e. The molecule has 4 rings (SSSR count). The van der Waals surface area contributed by atoms with Crippen LogP contribution in [0.4, 0.5) is 4.79 Å². The van der Waals surface area contributed by atoms with E-state index >= 15 is 0 Å². The zero-order valence-corrected chi connectivity index (χ0v) is 17.4. The Morgan fingerprint density at radius 1 is 0.633 bits per heavy atom. The van der Waals surface area contributed by atoms with Crippen LogP contribution in [0.5, 0.6) is 0 Å². The highest BCUT2D eigenvalue weighted by Gasteiger charge is 2.47. The molecule has 0 amide bonds. The van der Waals surface area contributed by atoms with Gasteiger partial charge in [-0.25, -0.2) is 4.79 Å². The fourth-order valence-electron chi connectivity index (χ4n) is 4.25. The highest BCUT2D eigenvalue weighted by molar-refractivity contribution is 5.94. The van der Waals surface area contributed by atoms with Crippen molar-refractivity contribution in [3.63, 3.8) is 0 Å². The van der Waals surface area contributed by atoms with E-state index < -0.39 is 17.4 Å². The fourth-order valence-corrected chi connectivity index (χ4v) is 4.25. The summed E-state index contributed by atoms with van der Waals surface area (Å²) >= 11 is 0. The van der Waals surface area contributed by atoms with E-state index in [1.165, 1.54) is 13.8 Å². The van der Waals surface area contributed by atoms with Crippen LogP contribution < -0.4 is 0 Å². The summed E-state index contributed by atoms with van der Waals surface area (Å²) in [5.41, 5.74) is 1.69. The third kappa shape index (κ3) is 3.64. The zero-order chi connectivity index (χ0) is 21.4. The van der Waals surface area contributed by atoms with E-state index in [4.69, 9.17) is 9.47 Å². The average Bonchev–Trinajstić information content (AvgIpc) is 2.68. The standard InChI is InChI=1S/C25H26O5/c1-17(26)19-5-9-21(10-6-19)24(13-3-14-24)29-23(28)30-25(15-4-16-25)22-11-7-20(8-12-22)18(2)27/h5-12H,3-4,13-16H2,1-2H3. The molecule has 2 aliphatic rings. The fraction of sp³-hybridized carbons (Fsp3) is 0.400. The summed E-state index contributed by atoms with van der Waals surface area (Å²) in [6.07, 6.45) is 4.23. The molecule has 0 aromatic heterocycles. The van der Waals surface area contributed by atoms with Crippen molar-refractivity contribution in [3.8, 4) is 0 Å². The van der Waals surface area contributed by atoms with Crippen LogP contribution in [-0.2, 0) is 20.7 Å². The largest absolute Gasteiger partial charge is 0.510 e. The molecule has 30 heavy (non-hydrogen) atoms. The first-order chi connectivity index (χ1) is 14.3. The second-order valence-corrected chi connectivity index (χ2v) is 8.42. The molecule has 2 fully saturated rings. The number of ether oxygens (including phenoxy) is 2. The third-order valence-corrected chi connectivity index (χ3v) is 6.51. The topological polar surface area (TPSA) is 69.7 Å². The van der Waals surface area contributed by atoms with E-state index in [0.717, 1.165) is 49.7 Å². The molecule has 0 bridgehead atoms. The van der Waals surface area contributed by atoms with Crippen molar-refractivity contribution in [2.24, 2.45) is 0 Å². The Balaban J connectivity index is 1.49. The Kier molecular flexibility index (Phi) is 5.22. The molecule has 0 spiro atoms. The maximum atomic E-state index is 12.8. The van der Waals surface area contributed by atoms with Gasteiger partial charge in [-0.05, 0) is 63.5 Å². The molecular weight excluding hydrogens is 380 g/mol. The number of benzene rings is 2. The molecule has 0 radical (unpaired) electrons. The number of hydrogen-bond acceptors (Lipinski definition) is 5. The lowest BCUT2D eigenvalue weighted by Gasteiger charge is -2.44. The number of Topliss-reactive ketones (excluding diaryl/α,β-unsaturated/α-hetero) is 2. The molecule has 2 saturated carbocycles. The quantitative estimate of drug-likeness (QED) is 0.454. The lowest BCUT2D eigenvalue weighted by atomic mass is 9.74. The van der Waals surface area contributed by atoms with Crippen LogP contribution in [0.2, 0.25) is 0 Å². The number of hydrogen-bond donors (Lipinski definition) is 0. The molecule has 0 atom stereocenters. The predicted octanol–water partition coefficient (Wildman–Crippen LogP) is 5.70. The molecule has 2 aliphatic carbocycles. The van der Waals surface area contributed by atoms with Gasteiger partial charge in [0.15, 0.2) is 11.6 Å². The highest BCUT2D eigenvalue weighted by atomic mass is 16.7. The van der Waals surface area contributed by atoms with Crippen LogP contribution in [0.1, 0.15) is 84.2 Å². The Morgan fingerprint density at radius 3 is 1.20 bits per heavy atom. The molecule has 0 unspecified atom stereocenters. The Labute approximate surface area is 176 Å². The molecule has 2 aromatic rings. The minimum atomic E-state index is -0.685. The second kappa shape index (κ2) is 7.71. The summed E-state index contributed by atoms with van der Waals surface area (Å²) in [7, 11) is 0. The molecule has 0 aliphatic heterocycles. The SMILES string of the molecule is CC(=O)c1ccc(C2(OC(=O)OC3(c4ccc(C(C)=O)cc4)CCC3)CCC2)cc1. The van der Waals surface area contributed by atoms with E-state index in [9.17, 15) is 14.4 Å². The number of ketones is 2. The van der Waals surface area contributed by atoms with E-state index in [-0.39, 0.29) is 11.6 Å². The zero-order valence-electron chi connectivity index (χ0n) is 17.4. The monoisotopic (exact) mass is 406 g/mol. The number of carbonyl (C=O) groups excluding carboxylic acids is 3. The van der Waals surface area contributed by atoms with Gasteiger partial charge in [-0.2, -0.15) is 0 Å². The summed E-state index contributed by atoms with van der Waals surface area (Å²) in [5, 5.41) is 0. The summed E-state index contributed by atoms with van der Waals surface area (Å²) in [4.78, 5) is 35.9. The minimum absolute atomic E-state index is 0.00672. The number of carbonyl (C=O) groups is 3. The van der Waals surface area contributed by atoms with Crippen LogP contribution in [0.15, 0.2) is 48.5 Å². The summed E-state index contributed by atoms with van der Waals surface area (Å²) in [6.45, 7) is 3.06. The highest BCUT2D eigenvalue weighted by Crippen LogP contribution is 2.48. The van der Waals surface area contributed by atoms with E-state index in [1.807, 2.05) is 24.3 Å². The van der Waals surface area contributed by atoms with Crippen molar-refractivity contribution >= 4 is 17.7 Å². The van der Waals surface area contributed by atoms with Gasteiger partial charge in [0.2, 0.25) is 0 Å². The molecule has 156 valence electrons. The van der Waals surface area contributed by atoms with Crippen molar-refractivity contribution in [3.05, 3.63) is 70.8 Å². The van der Waals surface area contributed by atoms with Gasteiger partial charge < -0.3 is 9.47 Å². The average molecular weight is 406 g/mol. The van der Waals surface area contributed by atoms with Crippen LogP contribution >= 0.6 is 0 Å². The van der Waals surface area contributed by atoms with E-state index in [0.29, 0.717) is 11.1 Å². The van der Waals surface area contributed by atoms with Crippen LogP contribution in [-0.4, -0.2) is 17.7 Å². The molecule has 2 aromatic carbocycles.